The summed E-state index contributed by atoms with van der Waals surface area (Å²) in [6.07, 6.45) is 4.78. The van der Waals surface area contributed by atoms with Crippen LogP contribution in [0.1, 0.15) is 46.1 Å². The molecule has 1 amide bonds. The maximum Gasteiger partial charge on any atom is 0.263 e. The van der Waals surface area contributed by atoms with Crippen molar-refractivity contribution in [2.24, 2.45) is 0 Å². The van der Waals surface area contributed by atoms with Crippen molar-refractivity contribution in [2.45, 2.75) is 51.6 Å². The highest BCUT2D eigenvalue weighted by molar-refractivity contribution is 7.13. The van der Waals surface area contributed by atoms with Gasteiger partial charge in [-0.25, -0.2) is 4.98 Å². The van der Waals surface area contributed by atoms with E-state index in [0.29, 0.717) is 6.04 Å². The fraction of sp³-hybridized carbons (Fsp3) is 0.765. The minimum Gasteiger partial charge on any atom is -0.347 e. The summed E-state index contributed by atoms with van der Waals surface area (Å²) in [7, 11) is 2.20. The van der Waals surface area contributed by atoms with Crippen LogP contribution in [0.3, 0.4) is 0 Å². The molecule has 2 aliphatic rings. The van der Waals surface area contributed by atoms with Crippen molar-refractivity contribution in [3.05, 3.63) is 15.6 Å². The van der Waals surface area contributed by atoms with Crippen molar-refractivity contribution < 1.29 is 4.79 Å². The van der Waals surface area contributed by atoms with Crippen molar-refractivity contribution >= 4 is 17.2 Å². The van der Waals surface area contributed by atoms with Crippen LogP contribution in [-0.2, 0) is 0 Å². The topological polar surface area (TPSA) is 48.5 Å². The number of aryl methyl sites for hydroxylation is 2. The van der Waals surface area contributed by atoms with Crippen LogP contribution >= 0.6 is 11.3 Å². The second-order valence-electron chi connectivity index (χ2n) is 6.99. The second-order valence-corrected chi connectivity index (χ2v) is 8.19. The predicted molar refractivity (Wildman–Crippen MR) is 94.2 cm³/mol. The molecule has 0 radical (unpaired) electrons. The molecule has 1 N–H and O–H groups in total. The van der Waals surface area contributed by atoms with Crippen molar-refractivity contribution in [1.82, 2.24) is 20.1 Å². The minimum atomic E-state index is 0.0586. The molecule has 0 saturated carbocycles. The van der Waals surface area contributed by atoms with E-state index in [4.69, 9.17) is 0 Å². The van der Waals surface area contributed by atoms with Gasteiger partial charge in [0.1, 0.15) is 4.88 Å². The Hall–Kier alpha value is -0.980. The quantitative estimate of drug-likeness (QED) is 0.918. The van der Waals surface area contributed by atoms with Gasteiger partial charge in [0.15, 0.2) is 0 Å². The number of piperidine rings is 2. The van der Waals surface area contributed by atoms with Gasteiger partial charge >= 0.3 is 0 Å². The molecule has 2 fully saturated rings. The van der Waals surface area contributed by atoms with Gasteiger partial charge in [-0.1, -0.05) is 0 Å². The number of amides is 1. The fourth-order valence-corrected chi connectivity index (χ4v) is 4.63. The summed E-state index contributed by atoms with van der Waals surface area (Å²) in [6, 6.07) is 0.969. The Morgan fingerprint density at radius 1 is 1.22 bits per heavy atom. The van der Waals surface area contributed by atoms with Gasteiger partial charge in [-0.05, 0) is 66.2 Å². The number of hydrogen-bond acceptors (Lipinski definition) is 5. The van der Waals surface area contributed by atoms with Crippen molar-refractivity contribution in [1.29, 1.82) is 0 Å². The molecule has 0 aliphatic carbocycles. The monoisotopic (exact) mass is 336 g/mol. The van der Waals surface area contributed by atoms with Crippen LogP contribution in [0.25, 0.3) is 0 Å². The van der Waals surface area contributed by atoms with Crippen LogP contribution in [0.15, 0.2) is 0 Å². The number of nitrogens with zero attached hydrogens (tertiary/aromatic N) is 3. The van der Waals surface area contributed by atoms with Crippen LogP contribution in [0.2, 0.25) is 0 Å². The van der Waals surface area contributed by atoms with Gasteiger partial charge in [-0.2, -0.15) is 0 Å². The molecule has 5 nitrogen and oxygen atoms in total. The van der Waals surface area contributed by atoms with Crippen molar-refractivity contribution in [2.75, 3.05) is 33.2 Å². The summed E-state index contributed by atoms with van der Waals surface area (Å²) in [5.41, 5.74) is 0.855. The van der Waals surface area contributed by atoms with E-state index in [9.17, 15) is 4.79 Å². The van der Waals surface area contributed by atoms with E-state index in [-0.39, 0.29) is 11.9 Å². The van der Waals surface area contributed by atoms with Gasteiger partial charge in [0.2, 0.25) is 0 Å². The minimum absolute atomic E-state index is 0.0586. The maximum absolute atomic E-state index is 12.5. The molecule has 0 spiro atoms. The standard InChI is InChI=1S/C17H28N4OS/c1-12-16(23-13(2)18-12)17(22)19-14-5-4-8-21(11-14)15-6-9-20(3)10-7-15/h14-15H,4-11H2,1-3H3,(H,19,22)/t14-/m1/s1. The molecule has 2 saturated heterocycles. The molecule has 0 unspecified atom stereocenters. The van der Waals surface area contributed by atoms with Gasteiger partial charge in [0.25, 0.3) is 5.91 Å². The van der Waals surface area contributed by atoms with Crippen molar-refractivity contribution in [3.63, 3.8) is 0 Å². The molecule has 0 aromatic carbocycles. The summed E-state index contributed by atoms with van der Waals surface area (Å²) in [5.74, 6) is 0.0586. The maximum atomic E-state index is 12.5. The Balaban J connectivity index is 1.56. The number of aromatic nitrogens is 1. The predicted octanol–water partition coefficient (Wildman–Crippen LogP) is 2.05. The Morgan fingerprint density at radius 3 is 2.61 bits per heavy atom. The summed E-state index contributed by atoms with van der Waals surface area (Å²) in [6.45, 7) is 8.44. The number of carbonyl (C=O) groups excluding carboxylic acids is 1. The number of likely N-dealkylation sites (tertiary alicyclic amines) is 2. The van der Waals surface area contributed by atoms with Crippen LogP contribution < -0.4 is 5.32 Å². The third-order valence-electron chi connectivity index (χ3n) is 5.10. The Labute approximate surface area is 143 Å². The zero-order valence-electron chi connectivity index (χ0n) is 14.5. The number of carbonyl (C=O) groups is 1. The van der Waals surface area contributed by atoms with Gasteiger partial charge in [-0.15, -0.1) is 11.3 Å². The van der Waals surface area contributed by atoms with Crippen molar-refractivity contribution in [3.8, 4) is 0 Å². The van der Waals surface area contributed by atoms with E-state index in [2.05, 4.69) is 27.1 Å². The molecule has 0 bridgehead atoms. The van der Waals surface area contributed by atoms with E-state index in [0.717, 1.165) is 28.5 Å². The highest BCUT2D eigenvalue weighted by Crippen LogP contribution is 2.22. The summed E-state index contributed by atoms with van der Waals surface area (Å²) >= 11 is 1.50. The average molecular weight is 337 g/mol. The number of rotatable bonds is 3. The number of hydrogen-bond donors (Lipinski definition) is 1. The van der Waals surface area contributed by atoms with Crippen LogP contribution in [0.4, 0.5) is 0 Å². The lowest BCUT2D eigenvalue weighted by Crippen LogP contribution is -2.53. The molecule has 3 heterocycles. The molecular weight excluding hydrogens is 308 g/mol. The summed E-state index contributed by atoms with van der Waals surface area (Å²) in [5, 5.41) is 4.21. The first-order chi connectivity index (χ1) is 11.0. The van der Waals surface area contributed by atoms with Gasteiger partial charge in [0.05, 0.1) is 10.7 Å². The largest absolute Gasteiger partial charge is 0.347 e. The Morgan fingerprint density at radius 2 is 1.96 bits per heavy atom. The molecule has 2 aliphatic heterocycles. The Bertz CT molecular complexity index is 551. The lowest BCUT2D eigenvalue weighted by Gasteiger charge is -2.41. The van der Waals surface area contributed by atoms with E-state index in [1.165, 1.54) is 50.2 Å². The molecule has 23 heavy (non-hydrogen) atoms. The Kier molecular flexibility index (Phi) is 5.34. The summed E-state index contributed by atoms with van der Waals surface area (Å²) < 4.78 is 0. The number of thiazole rings is 1. The molecule has 6 heteroatoms. The van der Waals surface area contributed by atoms with Crippen LogP contribution in [0.5, 0.6) is 0 Å². The SMILES string of the molecule is Cc1nc(C)c(C(=O)N[C@@H]2CCCN(C3CCN(C)CC3)C2)s1. The number of nitrogens with one attached hydrogen (secondary N) is 1. The zero-order valence-corrected chi connectivity index (χ0v) is 15.3. The van der Waals surface area contributed by atoms with E-state index in [1.807, 2.05) is 13.8 Å². The van der Waals surface area contributed by atoms with E-state index < -0.39 is 0 Å². The second kappa shape index (κ2) is 7.28. The first-order valence-electron chi connectivity index (χ1n) is 8.70. The smallest absolute Gasteiger partial charge is 0.263 e. The van der Waals surface area contributed by atoms with Crippen LogP contribution in [-0.4, -0.2) is 66.0 Å². The van der Waals surface area contributed by atoms with Crippen LogP contribution in [0, 0.1) is 13.8 Å². The lowest BCUT2D eigenvalue weighted by atomic mass is 9.98. The zero-order chi connectivity index (χ0) is 16.4. The molecular formula is C17H28N4OS. The molecule has 1 aromatic rings. The van der Waals surface area contributed by atoms with Gasteiger partial charge < -0.3 is 10.2 Å². The van der Waals surface area contributed by atoms with E-state index >= 15 is 0 Å². The first kappa shape index (κ1) is 16.9. The fourth-order valence-electron chi connectivity index (χ4n) is 3.81. The first-order valence-corrected chi connectivity index (χ1v) is 9.52. The molecule has 1 atom stereocenters. The lowest BCUT2D eigenvalue weighted by molar-refractivity contribution is 0.0768. The van der Waals surface area contributed by atoms with E-state index in [1.54, 1.807) is 0 Å². The molecule has 128 valence electrons. The van der Waals surface area contributed by atoms with Gasteiger partial charge in [0, 0.05) is 18.6 Å². The third-order valence-corrected chi connectivity index (χ3v) is 6.17. The highest BCUT2D eigenvalue weighted by atomic mass is 32.1. The molecule has 1 aromatic heterocycles. The normalized spacial score (nSPS) is 24.7. The third kappa shape index (κ3) is 4.11. The average Bonchev–Trinajstić information content (AvgIpc) is 2.87. The highest BCUT2D eigenvalue weighted by Gasteiger charge is 2.29. The molecule has 3 rings (SSSR count). The van der Waals surface area contributed by atoms with Gasteiger partial charge in [-0.3, -0.25) is 9.69 Å². The summed E-state index contributed by atoms with van der Waals surface area (Å²) in [4.78, 5) is 22.7.